The third-order valence-electron chi connectivity index (χ3n) is 2.92. The molecule has 1 aromatic rings. The number of ether oxygens (including phenoxy) is 1. The van der Waals surface area contributed by atoms with Crippen LogP contribution in [0.5, 0.6) is 0 Å². The summed E-state index contributed by atoms with van der Waals surface area (Å²) in [6, 6.07) is 8.05. The minimum atomic E-state index is 0. The van der Waals surface area contributed by atoms with E-state index < -0.39 is 0 Å². The first kappa shape index (κ1) is 16.9. The molecule has 3 nitrogen and oxygen atoms in total. The quantitative estimate of drug-likeness (QED) is 0.829. The molecular formula is C13H18BrClN2OS. The number of hydrogen-bond acceptors (Lipinski definition) is 3. The molecule has 6 heteroatoms. The van der Waals surface area contributed by atoms with Crippen molar-refractivity contribution in [2.45, 2.75) is 0 Å². The molecule has 0 unspecified atom stereocenters. The Labute approximate surface area is 134 Å². The standard InChI is InChI=1S/C13H17BrN2OS.ClH/c14-12-3-1-11(2-4-12)13(18)15-5-6-16-7-9-17-10-8-16;/h1-4H,5-10H2,(H,15,18);1H. The Balaban J connectivity index is 0.00000180. The van der Waals surface area contributed by atoms with Crippen LogP contribution in [-0.2, 0) is 4.74 Å². The smallest absolute Gasteiger partial charge is 0.106 e. The number of nitrogens with zero attached hydrogens (tertiary/aromatic N) is 1. The van der Waals surface area contributed by atoms with E-state index in [4.69, 9.17) is 17.0 Å². The van der Waals surface area contributed by atoms with Gasteiger partial charge in [0.1, 0.15) is 4.99 Å². The van der Waals surface area contributed by atoms with Crippen LogP contribution in [0.25, 0.3) is 0 Å². The van der Waals surface area contributed by atoms with Gasteiger partial charge in [0.05, 0.1) is 13.2 Å². The van der Waals surface area contributed by atoms with E-state index in [1.54, 1.807) is 0 Å². The first-order valence-corrected chi connectivity index (χ1v) is 7.30. The van der Waals surface area contributed by atoms with Gasteiger partial charge in [0.2, 0.25) is 0 Å². The lowest BCUT2D eigenvalue weighted by Gasteiger charge is -2.26. The van der Waals surface area contributed by atoms with Crippen molar-refractivity contribution in [2.75, 3.05) is 39.4 Å². The van der Waals surface area contributed by atoms with Crippen LogP contribution in [-0.4, -0.2) is 49.3 Å². The largest absolute Gasteiger partial charge is 0.379 e. The number of thiocarbonyl (C=S) groups is 1. The molecule has 0 spiro atoms. The molecule has 2 rings (SSSR count). The third kappa shape index (κ3) is 5.75. The maximum atomic E-state index is 5.36. The number of halogens is 2. The van der Waals surface area contributed by atoms with Crippen molar-refractivity contribution in [1.82, 2.24) is 10.2 Å². The summed E-state index contributed by atoms with van der Waals surface area (Å²) in [4.78, 5) is 3.21. The number of benzene rings is 1. The molecule has 0 saturated carbocycles. The molecule has 1 saturated heterocycles. The van der Waals surface area contributed by atoms with E-state index in [0.717, 1.165) is 54.4 Å². The van der Waals surface area contributed by atoms with Crippen LogP contribution in [0, 0.1) is 0 Å². The SMILES string of the molecule is Cl.S=C(NCCN1CCOCC1)c1ccc(Br)cc1. The minimum absolute atomic E-state index is 0. The minimum Gasteiger partial charge on any atom is -0.379 e. The predicted molar refractivity (Wildman–Crippen MR) is 88.4 cm³/mol. The van der Waals surface area contributed by atoms with Gasteiger partial charge >= 0.3 is 0 Å². The lowest BCUT2D eigenvalue weighted by molar-refractivity contribution is 0.0389. The predicted octanol–water partition coefficient (Wildman–Crippen LogP) is 2.47. The molecule has 0 atom stereocenters. The number of morpholine rings is 1. The zero-order chi connectivity index (χ0) is 12.8. The zero-order valence-electron chi connectivity index (χ0n) is 10.6. The Morgan fingerprint density at radius 3 is 2.53 bits per heavy atom. The molecule has 1 heterocycles. The molecule has 19 heavy (non-hydrogen) atoms. The van der Waals surface area contributed by atoms with Crippen LogP contribution >= 0.6 is 40.6 Å². The van der Waals surface area contributed by atoms with Gasteiger partial charge in [0.25, 0.3) is 0 Å². The molecule has 1 aliphatic rings. The molecule has 0 radical (unpaired) electrons. The highest BCUT2D eigenvalue weighted by Crippen LogP contribution is 2.10. The Morgan fingerprint density at radius 2 is 1.89 bits per heavy atom. The number of rotatable bonds is 4. The Bertz CT molecular complexity index is 396. The van der Waals surface area contributed by atoms with Crippen LogP contribution < -0.4 is 5.32 Å². The average Bonchev–Trinajstić information content (AvgIpc) is 2.40. The van der Waals surface area contributed by atoms with Crippen LogP contribution in [0.4, 0.5) is 0 Å². The van der Waals surface area contributed by atoms with Gasteiger partial charge in [0.15, 0.2) is 0 Å². The maximum Gasteiger partial charge on any atom is 0.106 e. The van der Waals surface area contributed by atoms with Crippen LogP contribution in [0.3, 0.4) is 0 Å². The summed E-state index contributed by atoms with van der Waals surface area (Å²) >= 11 is 8.78. The van der Waals surface area contributed by atoms with E-state index in [-0.39, 0.29) is 12.4 Å². The van der Waals surface area contributed by atoms with Crippen molar-refractivity contribution in [3.05, 3.63) is 34.3 Å². The molecule has 0 aliphatic carbocycles. The summed E-state index contributed by atoms with van der Waals surface area (Å²) in [5.41, 5.74) is 1.06. The first-order valence-electron chi connectivity index (χ1n) is 6.09. The molecule has 0 aromatic heterocycles. The number of hydrogen-bond donors (Lipinski definition) is 1. The van der Waals surface area contributed by atoms with Gasteiger partial charge in [-0.2, -0.15) is 0 Å². The van der Waals surface area contributed by atoms with Gasteiger partial charge in [-0.3, -0.25) is 4.90 Å². The summed E-state index contributed by atoms with van der Waals surface area (Å²) in [5.74, 6) is 0. The van der Waals surface area contributed by atoms with Crippen molar-refractivity contribution in [3.63, 3.8) is 0 Å². The highest BCUT2D eigenvalue weighted by atomic mass is 79.9. The highest BCUT2D eigenvalue weighted by Gasteiger charge is 2.09. The highest BCUT2D eigenvalue weighted by molar-refractivity contribution is 9.10. The topological polar surface area (TPSA) is 24.5 Å². The Hall–Kier alpha value is -0.200. The van der Waals surface area contributed by atoms with Crippen LogP contribution in [0.2, 0.25) is 0 Å². The lowest BCUT2D eigenvalue weighted by atomic mass is 10.2. The van der Waals surface area contributed by atoms with E-state index >= 15 is 0 Å². The second-order valence-electron chi connectivity index (χ2n) is 4.22. The van der Waals surface area contributed by atoms with Crippen molar-refractivity contribution < 1.29 is 4.74 Å². The maximum absolute atomic E-state index is 5.36. The second-order valence-corrected chi connectivity index (χ2v) is 5.54. The fraction of sp³-hybridized carbons (Fsp3) is 0.462. The van der Waals surface area contributed by atoms with Crippen molar-refractivity contribution in [1.29, 1.82) is 0 Å². The molecular weight excluding hydrogens is 348 g/mol. The van der Waals surface area contributed by atoms with E-state index in [0.29, 0.717) is 0 Å². The summed E-state index contributed by atoms with van der Waals surface area (Å²) in [7, 11) is 0. The van der Waals surface area contributed by atoms with Crippen LogP contribution in [0.1, 0.15) is 5.56 Å². The Morgan fingerprint density at radius 1 is 1.26 bits per heavy atom. The molecule has 1 N–H and O–H groups in total. The monoisotopic (exact) mass is 364 g/mol. The average molecular weight is 366 g/mol. The molecule has 1 aliphatic heterocycles. The van der Waals surface area contributed by atoms with Gasteiger partial charge in [-0.1, -0.05) is 40.3 Å². The van der Waals surface area contributed by atoms with Gasteiger partial charge in [-0.25, -0.2) is 0 Å². The van der Waals surface area contributed by atoms with Crippen molar-refractivity contribution in [3.8, 4) is 0 Å². The fourth-order valence-corrected chi connectivity index (χ4v) is 2.36. The normalized spacial score (nSPS) is 15.6. The zero-order valence-corrected chi connectivity index (χ0v) is 13.8. The molecule has 1 aromatic carbocycles. The van der Waals surface area contributed by atoms with E-state index in [9.17, 15) is 0 Å². The molecule has 0 bridgehead atoms. The van der Waals surface area contributed by atoms with Gasteiger partial charge in [0, 0.05) is 36.2 Å². The van der Waals surface area contributed by atoms with Crippen LogP contribution in [0.15, 0.2) is 28.7 Å². The van der Waals surface area contributed by atoms with Gasteiger partial charge in [-0.05, 0) is 12.1 Å². The summed E-state index contributed by atoms with van der Waals surface area (Å²) < 4.78 is 6.39. The van der Waals surface area contributed by atoms with E-state index in [1.807, 2.05) is 24.3 Å². The number of nitrogens with one attached hydrogen (secondary N) is 1. The van der Waals surface area contributed by atoms with E-state index in [2.05, 4.69) is 26.1 Å². The van der Waals surface area contributed by atoms with Crippen molar-refractivity contribution >= 4 is 45.5 Å². The summed E-state index contributed by atoms with van der Waals surface area (Å²) in [6.07, 6.45) is 0. The first-order chi connectivity index (χ1) is 8.75. The van der Waals surface area contributed by atoms with Gasteiger partial charge in [-0.15, -0.1) is 12.4 Å². The molecule has 106 valence electrons. The molecule has 0 amide bonds. The molecule has 1 fully saturated rings. The second kappa shape index (κ2) is 8.87. The van der Waals surface area contributed by atoms with E-state index in [1.165, 1.54) is 0 Å². The third-order valence-corrected chi connectivity index (χ3v) is 3.83. The summed E-state index contributed by atoms with van der Waals surface area (Å²) in [6.45, 7) is 5.63. The fourth-order valence-electron chi connectivity index (χ4n) is 1.86. The summed E-state index contributed by atoms with van der Waals surface area (Å²) in [5, 5.41) is 3.30. The Kier molecular flexibility index (Phi) is 7.87. The van der Waals surface area contributed by atoms with Crippen molar-refractivity contribution in [2.24, 2.45) is 0 Å². The van der Waals surface area contributed by atoms with Gasteiger partial charge < -0.3 is 10.1 Å². The lowest BCUT2D eigenvalue weighted by Crippen LogP contribution is -2.41.